The molecular weight excluding hydrogens is 354 g/mol. The Morgan fingerprint density at radius 1 is 1.15 bits per heavy atom. The molecule has 1 saturated heterocycles. The number of hydrogen-bond donors (Lipinski definition) is 2. The second kappa shape index (κ2) is 10.4. The van der Waals surface area contributed by atoms with Gasteiger partial charge in [-0.3, -0.25) is 4.99 Å². The SMILES string of the molecule is CN=C(NCCNC(C)(C)C)N1CCN(S(=O)(=O)CCOC(C)C)CC1. The van der Waals surface area contributed by atoms with Crippen molar-refractivity contribution in [2.45, 2.75) is 46.3 Å². The lowest BCUT2D eigenvalue weighted by Gasteiger charge is -2.36. The molecule has 2 N–H and O–H groups in total. The van der Waals surface area contributed by atoms with Gasteiger partial charge in [-0.05, 0) is 34.6 Å². The number of nitrogens with one attached hydrogen (secondary N) is 2. The minimum atomic E-state index is -3.26. The molecule has 8 nitrogen and oxygen atoms in total. The maximum atomic E-state index is 12.4. The van der Waals surface area contributed by atoms with Gasteiger partial charge in [0.15, 0.2) is 5.96 Å². The van der Waals surface area contributed by atoms with Gasteiger partial charge in [0, 0.05) is 51.9 Å². The van der Waals surface area contributed by atoms with Crippen LogP contribution in [0.25, 0.3) is 0 Å². The average molecular weight is 392 g/mol. The van der Waals surface area contributed by atoms with Crippen molar-refractivity contribution < 1.29 is 13.2 Å². The van der Waals surface area contributed by atoms with E-state index < -0.39 is 10.0 Å². The second-order valence-electron chi connectivity index (χ2n) is 7.77. The summed E-state index contributed by atoms with van der Waals surface area (Å²) in [5, 5.41) is 6.76. The Labute approximate surface area is 159 Å². The van der Waals surface area contributed by atoms with E-state index in [0.717, 1.165) is 19.0 Å². The molecule has 0 spiro atoms. The maximum absolute atomic E-state index is 12.4. The predicted molar refractivity (Wildman–Crippen MR) is 107 cm³/mol. The molecule has 0 bridgehead atoms. The van der Waals surface area contributed by atoms with E-state index >= 15 is 0 Å². The van der Waals surface area contributed by atoms with Crippen molar-refractivity contribution in [3.63, 3.8) is 0 Å². The Balaban J connectivity index is 2.41. The molecule has 0 unspecified atom stereocenters. The number of rotatable bonds is 8. The van der Waals surface area contributed by atoms with Crippen LogP contribution in [-0.4, -0.2) is 93.9 Å². The predicted octanol–water partition coefficient (Wildman–Crippen LogP) is 0.322. The lowest BCUT2D eigenvalue weighted by atomic mass is 10.1. The lowest BCUT2D eigenvalue weighted by molar-refractivity contribution is 0.0904. The van der Waals surface area contributed by atoms with E-state index in [-0.39, 0.29) is 24.0 Å². The van der Waals surface area contributed by atoms with Gasteiger partial charge >= 0.3 is 0 Å². The van der Waals surface area contributed by atoms with Gasteiger partial charge in [0.25, 0.3) is 0 Å². The lowest BCUT2D eigenvalue weighted by Crippen LogP contribution is -2.55. The number of guanidine groups is 1. The summed E-state index contributed by atoms with van der Waals surface area (Å²) in [5.74, 6) is 0.859. The summed E-state index contributed by atoms with van der Waals surface area (Å²) >= 11 is 0. The summed E-state index contributed by atoms with van der Waals surface area (Å²) in [4.78, 5) is 6.42. The minimum absolute atomic E-state index is 0.0383. The first-order valence-corrected chi connectivity index (χ1v) is 11.0. The summed E-state index contributed by atoms with van der Waals surface area (Å²) in [6.45, 7) is 14.3. The summed E-state index contributed by atoms with van der Waals surface area (Å²) in [6, 6.07) is 0. The van der Waals surface area contributed by atoms with Gasteiger partial charge in [0.05, 0.1) is 18.5 Å². The van der Waals surface area contributed by atoms with Gasteiger partial charge in [-0.15, -0.1) is 0 Å². The van der Waals surface area contributed by atoms with Crippen molar-refractivity contribution in [3.05, 3.63) is 0 Å². The molecule has 9 heteroatoms. The average Bonchev–Trinajstić information content (AvgIpc) is 2.53. The normalized spacial score (nSPS) is 17.8. The van der Waals surface area contributed by atoms with E-state index in [2.05, 4.69) is 41.3 Å². The highest BCUT2D eigenvalue weighted by molar-refractivity contribution is 7.89. The van der Waals surface area contributed by atoms with Gasteiger partial charge in [-0.2, -0.15) is 4.31 Å². The highest BCUT2D eigenvalue weighted by atomic mass is 32.2. The molecule has 1 aliphatic rings. The molecule has 1 fully saturated rings. The number of hydrogen-bond acceptors (Lipinski definition) is 5. The Kier molecular flexibility index (Phi) is 9.29. The smallest absolute Gasteiger partial charge is 0.216 e. The van der Waals surface area contributed by atoms with E-state index in [0.29, 0.717) is 26.2 Å². The van der Waals surface area contributed by atoms with E-state index in [1.54, 1.807) is 11.4 Å². The van der Waals surface area contributed by atoms with Crippen LogP contribution in [0.2, 0.25) is 0 Å². The maximum Gasteiger partial charge on any atom is 0.216 e. The van der Waals surface area contributed by atoms with E-state index in [9.17, 15) is 8.42 Å². The third-order valence-corrected chi connectivity index (χ3v) is 5.83. The van der Waals surface area contributed by atoms with Crippen LogP contribution in [0.3, 0.4) is 0 Å². The molecule has 0 saturated carbocycles. The summed E-state index contributed by atoms with van der Waals surface area (Å²) < 4.78 is 31.7. The van der Waals surface area contributed by atoms with Crippen molar-refractivity contribution in [3.8, 4) is 0 Å². The van der Waals surface area contributed by atoms with Crippen LogP contribution >= 0.6 is 0 Å². The zero-order valence-corrected chi connectivity index (χ0v) is 18.0. The molecule has 0 atom stereocenters. The highest BCUT2D eigenvalue weighted by Crippen LogP contribution is 2.09. The molecule has 154 valence electrons. The van der Waals surface area contributed by atoms with Crippen LogP contribution < -0.4 is 10.6 Å². The van der Waals surface area contributed by atoms with Crippen LogP contribution in [0.5, 0.6) is 0 Å². The molecule has 0 aromatic rings. The van der Waals surface area contributed by atoms with Crippen LogP contribution in [0.4, 0.5) is 0 Å². The Hall–Kier alpha value is -0.900. The molecule has 1 aliphatic heterocycles. The molecule has 1 heterocycles. The third-order valence-electron chi connectivity index (χ3n) is 4.00. The zero-order chi connectivity index (χ0) is 19.8. The quantitative estimate of drug-likeness (QED) is 0.352. The third kappa shape index (κ3) is 8.66. The van der Waals surface area contributed by atoms with Gasteiger partial charge in [-0.25, -0.2) is 8.42 Å². The summed E-state index contributed by atoms with van der Waals surface area (Å²) in [6.07, 6.45) is 0.0456. The van der Waals surface area contributed by atoms with Crippen LogP contribution in [-0.2, 0) is 14.8 Å². The number of piperazine rings is 1. The number of aliphatic imine (C=N–C) groups is 1. The molecule has 0 aliphatic carbocycles. The van der Waals surface area contributed by atoms with Crippen molar-refractivity contribution in [1.29, 1.82) is 0 Å². The molecule has 0 amide bonds. The fraction of sp³-hybridized carbons (Fsp3) is 0.941. The number of nitrogens with zero attached hydrogens (tertiary/aromatic N) is 3. The van der Waals surface area contributed by atoms with Crippen molar-refractivity contribution in [1.82, 2.24) is 19.8 Å². The zero-order valence-electron chi connectivity index (χ0n) is 17.2. The van der Waals surface area contributed by atoms with Gasteiger partial charge < -0.3 is 20.3 Å². The fourth-order valence-electron chi connectivity index (χ4n) is 2.64. The van der Waals surface area contributed by atoms with Gasteiger partial charge in [0.1, 0.15) is 0 Å². The van der Waals surface area contributed by atoms with Gasteiger partial charge in [0.2, 0.25) is 10.0 Å². The first-order valence-electron chi connectivity index (χ1n) is 9.35. The van der Waals surface area contributed by atoms with Gasteiger partial charge in [-0.1, -0.05) is 0 Å². The van der Waals surface area contributed by atoms with E-state index in [1.807, 2.05) is 13.8 Å². The van der Waals surface area contributed by atoms with E-state index in [1.165, 1.54) is 0 Å². The highest BCUT2D eigenvalue weighted by Gasteiger charge is 2.27. The number of ether oxygens (including phenoxy) is 1. The van der Waals surface area contributed by atoms with Crippen LogP contribution in [0, 0.1) is 0 Å². The topological polar surface area (TPSA) is 86.3 Å². The number of sulfonamides is 1. The molecule has 26 heavy (non-hydrogen) atoms. The minimum Gasteiger partial charge on any atom is -0.378 e. The molecular formula is C17H37N5O3S. The van der Waals surface area contributed by atoms with Crippen molar-refractivity contribution in [2.24, 2.45) is 4.99 Å². The van der Waals surface area contributed by atoms with Crippen molar-refractivity contribution in [2.75, 3.05) is 58.7 Å². The summed E-state index contributed by atoms with van der Waals surface area (Å²) in [5.41, 5.74) is 0.0878. The first-order chi connectivity index (χ1) is 12.0. The van der Waals surface area contributed by atoms with Crippen LogP contribution in [0.15, 0.2) is 4.99 Å². The summed E-state index contributed by atoms with van der Waals surface area (Å²) in [7, 11) is -1.50. The first kappa shape index (κ1) is 23.1. The molecule has 0 radical (unpaired) electrons. The fourth-order valence-corrected chi connectivity index (χ4v) is 3.93. The van der Waals surface area contributed by atoms with Crippen LogP contribution in [0.1, 0.15) is 34.6 Å². The van der Waals surface area contributed by atoms with Crippen molar-refractivity contribution >= 4 is 16.0 Å². The monoisotopic (exact) mass is 391 g/mol. The molecule has 0 aromatic heterocycles. The molecule has 0 aromatic carbocycles. The Morgan fingerprint density at radius 3 is 2.27 bits per heavy atom. The van der Waals surface area contributed by atoms with E-state index in [4.69, 9.17) is 4.74 Å². The largest absolute Gasteiger partial charge is 0.378 e. The standard InChI is InChI=1S/C17H37N5O3S/c1-15(2)25-13-14-26(23,24)22-11-9-21(10-12-22)16(18-6)19-7-8-20-17(3,4)5/h15,20H,7-14H2,1-6H3,(H,18,19). The Morgan fingerprint density at radius 2 is 1.77 bits per heavy atom. The molecule has 1 rings (SSSR count). The Bertz CT molecular complexity index is 535. The second-order valence-corrected chi connectivity index (χ2v) is 9.86.